The van der Waals surface area contributed by atoms with E-state index in [2.05, 4.69) is 17.4 Å². The van der Waals surface area contributed by atoms with Crippen LogP contribution in [0.1, 0.15) is 11.1 Å². The van der Waals surface area contributed by atoms with Gasteiger partial charge in [0, 0.05) is 17.2 Å². The second-order valence-corrected chi connectivity index (χ2v) is 4.71. The van der Waals surface area contributed by atoms with Gasteiger partial charge < -0.3 is 5.32 Å². The molecule has 0 spiro atoms. The third-order valence-corrected chi connectivity index (χ3v) is 3.77. The first-order chi connectivity index (χ1) is 6.31. The van der Waals surface area contributed by atoms with Gasteiger partial charge in [0.2, 0.25) is 0 Å². The molecule has 3 heteroatoms. The minimum atomic E-state index is 0.900. The van der Waals surface area contributed by atoms with Gasteiger partial charge in [-0.15, -0.1) is 11.8 Å². The number of benzene rings is 1. The smallest absolute Gasteiger partial charge is 0.0547 e. The van der Waals surface area contributed by atoms with Crippen LogP contribution in [-0.4, -0.2) is 12.8 Å². The lowest BCUT2D eigenvalue weighted by Gasteiger charge is -2.05. The molecule has 1 aromatic carbocycles. The minimum absolute atomic E-state index is 0.900. The Morgan fingerprint density at radius 2 is 2.38 bits per heavy atom. The van der Waals surface area contributed by atoms with Gasteiger partial charge in [-0.25, -0.2) is 0 Å². The number of fused-ring (bicyclic) bond motifs is 1. The van der Waals surface area contributed by atoms with Gasteiger partial charge in [-0.05, 0) is 30.7 Å². The molecular weight excluding hydrogens is 202 g/mol. The van der Waals surface area contributed by atoms with E-state index < -0.39 is 0 Å². The third kappa shape index (κ3) is 1.85. The van der Waals surface area contributed by atoms with Crippen LogP contribution >= 0.6 is 23.4 Å². The van der Waals surface area contributed by atoms with Gasteiger partial charge in [0.25, 0.3) is 0 Å². The number of aryl methyl sites for hydroxylation is 1. The molecule has 13 heavy (non-hydrogen) atoms. The predicted molar refractivity (Wildman–Crippen MR) is 58.6 cm³/mol. The molecule has 1 aromatic rings. The van der Waals surface area contributed by atoms with Crippen molar-refractivity contribution in [2.75, 3.05) is 12.8 Å². The Morgan fingerprint density at radius 1 is 1.54 bits per heavy atom. The van der Waals surface area contributed by atoms with Crippen molar-refractivity contribution >= 4 is 23.4 Å². The molecule has 0 bridgehead atoms. The van der Waals surface area contributed by atoms with E-state index in [9.17, 15) is 0 Å². The summed E-state index contributed by atoms with van der Waals surface area (Å²) in [5.74, 6) is 1.18. The lowest BCUT2D eigenvalue weighted by Crippen LogP contribution is -2.05. The first-order valence-electron chi connectivity index (χ1n) is 4.40. The zero-order valence-corrected chi connectivity index (χ0v) is 9.13. The van der Waals surface area contributed by atoms with E-state index in [0.717, 1.165) is 18.0 Å². The molecule has 1 heterocycles. The van der Waals surface area contributed by atoms with Gasteiger partial charge >= 0.3 is 0 Å². The van der Waals surface area contributed by atoms with Gasteiger partial charge in [-0.3, -0.25) is 0 Å². The number of hydrogen-bond donors (Lipinski definition) is 1. The monoisotopic (exact) mass is 213 g/mol. The first-order valence-corrected chi connectivity index (χ1v) is 5.76. The minimum Gasteiger partial charge on any atom is -0.316 e. The summed E-state index contributed by atoms with van der Waals surface area (Å²) in [4.78, 5) is 1.29. The number of halogens is 1. The van der Waals surface area contributed by atoms with Crippen LogP contribution in [0.3, 0.4) is 0 Å². The lowest BCUT2D eigenvalue weighted by molar-refractivity contribution is 0.815. The quantitative estimate of drug-likeness (QED) is 0.811. The van der Waals surface area contributed by atoms with E-state index >= 15 is 0 Å². The van der Waals surface area contributed by atoms with E-state index in [1.165, 1.54) is 21.8 Å². The molecule has 0 amide bonds. The molecular formula is C10H12ClNS. The Hall–Kier alpha value is -0.180. The van der Waals surface area contributed by atoms with Gasteiger partial charge in [-0.1, -0.05) is 17.7 Å². The molecule has 1 nitrogen and oxygen atoms in total. The number of hydrogen-bond acceptors (Lipinski definition) is 2. The summed E-state index contributed by atoms with van der Waals surface area (Å²) in [7, 11) is 1.95. The van der Waals surface area contributed by atoms with E-state index in [1.807, 2.05) is 18.8 Å². The van der Waals surface area contributed by atoms with Crippen LogP contribution in [0.5, 0.6) is 0 Å². The van der Waals surface area contributed by atoms with Crippen molar-refractivity contribution in [3.63, 3.8) is 0 Å². The molecule has 1 aliphatic heterocycles. The Bertz CT molecular complexity index is 325. The standard InChI is InChI=1S/C10H12ClNS/c1-12-6-7-4-8-2-3-13-10(8)9(11)5-7/h4-5,12H,2-3,6H2,1H3. The van der Waals surface area contributed by atoms with Crippen molar-refractivity contribution in [2.45, 2.75) is 17.9 Å². The molecule has 0 saturated heterocycles. The van der Waals surface area contributed by atoms with Crippen molar-refractivity contribution in [3.05, 3.63) is 28.3 Å². The maximum Gasteiger partial charge on any atom is 0.0547 e. The van der Waals surface area contributed by atoms with Crippen molar-refractivity contribution in [2.24, 2.45) is 0 Å². The Kier molecular flexibility index (Phi) is 2.82. The molecule has 0 unspecified atom stereocenters. The number of nitrogens with one attached hydrogen (secondary N) is 1. The number of thioether (sulfide) groups is 1. The summed E-state index contributed by atoms with van der Waals surface area (Å²) in [5, 5.41) is 4.06. The lowest BCUT2D eigenvalue weighted by atomic mass is 10.1. The second-order valence-electron chi connectivity index (χ2n) is 3.19. The summed E-state index contributed by atoms with van der Waals surface area (Å²) in [6.45, 7) is 0.900. The summed E-state index contributed by atoms with van der Waals surface area (Å²) in [5.41, 5.74) is 2.71. The van der Waals surface area contributed by atoms with Gasteiger partial charge in [0.05, 0.1) is 5.02 Å². The summed E-state index contributed by atoms with van der Waals surface area (Å²) >= 11 is 8.03. The van der Waals surface area contributed by atoms with E-state index in [1.54, 1.807) is 0 Å². The topological polar surface area (TPSA) is 12.0 Å². The first kappa shape index (κ1) is 9.38. The molecule has 2 rings (SSSR count). The predicted octanol–water partition coefficient (Wildman–Crippen LogP) is 2.71. The zero-order chi connectivity index (χ0) is 9.26. The highest BCUT2D eigenvalue weighted by atomic mass is 35.5. The molecule has 1 aliphatic rings. The Labute approximate surface area is 87.9 Å². The molecule has 70 valence electrons. The zero-order valence-electron chi connectivity index (χ0n) is 7.56. The number of rotatable bonds is 2. The van der Waals surface area contributed by atoms with Gasteiger partial charge in [-0.2, -0.15) is 0 Å². The van der Waals surface area contributed by atoms with E-state index in [0.29, 0.717) is 0 Å². The van der Waals surface area contributed by atoms with Crippen molar-refractivity contribution < 1.29 is 0 Å². The van der Waals surface area contributed by atoms with Crippen LogP contribution in [0.2, 0.25) is 5.02 Å². The van der Waals surface area contributed by atoms with Gasteiger partial charge in [0.1, 0.15) is 0 Å². The average molecular weight is 214 g/mol. The maximum atomic E-state index is 6.16. The molecule has 0 radical (unpaired) electrons. The van der Waals surface area contributed by atoms with Crippen LogP contribution in [0.15, 0.2) is 17.0 Å². The summed E-state index contributed by atoms with van der Waals surface area (Å²) < 4.78 is 0. The largest absolute Gasteiger partial charge is 0.316 e. The third-order valence-electron chi connectivity index (χ3n) is 2.18. The fraction of sp³-hybridized carbons (Fsp3) is 0.400. The molecule has 0 aliphatic carbocycles. The fourth-order valence-electron chi connectivity index (χ4n) is 1.63. The SMILES string of the molecule is CNCc1cc(Cl)c2c(c1)CCS2. The normalized spacial score (nSPS) is 14.6. The van der Waals surface area contributed by atoms with Crippen molar-refractivity contribution in [3.8, 4) is 0 Å². The van der Waals surface area contributed by atoms with Crippen LogP contribution in [0, 0.1) is 0 Å². The Balaban J connectivity index is 2.37. The molecule has 0 saturated carbocycles. The van der Waals surface area contributed by atoms with E-state index in [4.69, 9.17) is 11.6 Å². The maximum absolute atomic E-state index is 6.16. The molecule has 0 atom stereocenters. The van der Waals surface area contributed by atoms with Crippen LogP contribution in [0.25, 0.3) is 0 Å². The highest BCUT2D eigenvalue weighted by Gasteiger charge is 2.15. The summed E-state index contributed by atoms with van der Waals surface area (Å²) in [6.07, 6.45) is 1.16. The van der Waals surface area contributed by atoms with Gasteiger partial charge in [0.15, 0.2) is 0 Å². The average Bonchev–Trinajstić information content (AvgIpc) is 2.53. The second kappa shape index (κ2) is 3.91. The molecule has 0 aromatic heterocycles. The highest BCUT2D eigenvalue weighted by Crippen LogP contribution is 2.37. The highest BCUT2D eigenvalue weighted by molar-refractivity contribution is 7.99. The molecule has 0 fully saturated rings. The van der Waals surface area contributed by atoms with Crippen LogP contribution < -0.4 is 5.32 Å². The summed E-state index contributed by atoms with van der Waals surface area (Å²) in [6, 6.07) is 4.33. The van der Waals surface area contributed by atoms with Crippen LogP contribution in [-0.2, 0) is 13.0 Å². The van der Waals surface area contributed by atoms with Crippen LogP contribution in [0.4, 0.5) is 0 Å². The van der Waals surface area contributed by atoms with Crippen molar-refractivity contribution in [1.29, 1.82) is 0 Å². The molecule has 1 N–H and O–H groups in total. The van der Waals surface area contributed by atoms with E-state index in [-0.39, 0.29) is 0 Å². The van der Waals surface area contributed by atoms with Crippen molar-refractivity contribution in [1.82, 2.24) is 5.32 Å². The Morgan fingerprint density at radius 3 is 3.15 bits per heavy atom. The fourth-order valence-corrected chi connectivity index (χ4v) is 3.12.